The van der Waals surface area contributed by atoms with Crippen LogP contribution in [0.3, 0.4) is 0 Å². The van der Waals surface area contributed by atoms with Gasteiger partial charge in [0.1, 0.15) is 0 Å². The van der Waals surface area contributed by atoms with E-state index in [0.717, 1.165) is 31.1 Å². The molecule has 1 aromatic rings. The first-order valence-electron chi connectivity index (χ1n) is 7.29. The molecular formula is C15H26N4O. The minimum atomic E-state index is 0.0910. The average molecular weight is 278 g/mol. The van der Waals surface area contributed by atoms with Gasteiger partial charge < -0.3 is 15.0 Å². The number of hydrogen-bond donors (Lipinski definition) is 1. The third-order valence-electron chi connectivity index (χ3n) is 3.70. The van der Waals surface area contributed by atoms with Crippen LogP contribution in [0.15, 0.2) is 12.1 Å². The van der Waals surface area contributed by atoms with Crippen molar-refractivity contribution < 1.29 is 4.74 Å². The molecule has 2 atom stereocenters. The summed E-state index contributed by atoms with van der Waals surface area (Å²) < 4.78 is 5.61. The predicted molar refractivity (Wildman–Crippen MR) is 80.8 cm³/mol. The second-order valence-corrected chi connectivity index (χ2v) is 6.53. The van der Waals surface area contributed by atoms with Crippen molar-refractivity contribution >= 4 is 5.82 Å². The average Bonchev–Trinajstić information content (AvgIpc) is 2.81. The molecule has 2 rings (SSSR count). The number of rotatable bonds is 4. The number of ether oxygens (including phenoxy) is 1. The maximum atomic E-state index is 5.61. The van der Waals surface area contributed by atoms with Crippen molar-refractivity contribution in [2.45, 2.75) is 58.3 Å². The molecule has 1 N–H and O–H groups in total. The highest BCUT2D eigenvalue weighted by atomic mass is 16.5. The summed E-state index contributed by atoms with van der Waals surface area (Å²) in [4.78, 5) is 2.17. The van der Waals surface area contributed by atoms with Gasteiger partial charge in [0.05, 0.1) is 17.8 Å². The normalized spacial score (nSPS) is 23.1. The molecular weight excluding hydrogens is 252 g/mol. The summed E-state index contributed by atoms with van der Waals surface area (Å²) in [6.45, 7) is 10.1. The van der Waals surface area contributed by atoms with Crippen LogP contribution in [0.5, 0.6) is 0 Å². The second-order valence-electron chi connectivity index (χ2n) is 6.53. The van der Waals surface area contributed by atoms with Crippen molar-refractivity contribution in [2.75, 3.05) is 18.6 Å². The zero-order valence-electron chi connectivity index (χ0n) is 13.2. The highest BCUT2D eigenvalue weighted by Crippen LogP contribution is 2.22. The summed E-state index contributed by atoms with van der Waals surface area (Å²) in [5.41, 5.74) is 1.06. The number of anilines is 1. The van der Waals surface area contributed by atoms with Gasteiger partial charge >= 0.3 is 0 Å². The maximum absolute atomic E-state index is 5.61. The summed E-state index contributed by atoms with van der Waals surface area (Å²) in [7, 11) is 2.06. The molecule has 1 aliphatic rings. The highest BCUT2D eigenvalue weighted by Gasteiger charge is 2.28. The molecule has 20 heavy (non-hydrogen) atoms. The van der Waals surface area contributed by atoms with Gasteiger partial charge in [-0.1, -0.05) is 0 Å². The van der Waals surface area contributed by atoms with E-state index in [9.17, 15) is 0 Å². The lowest BCUT2D eigenvalue weighted by Gasteiger charge is -2.27. The molecule has 0 bridgehead atoms. The van der Waals surface area contributed by atoms with Crippen molar-refractivity contribution in [1.82, 2.24) is 15.5 Å². The Morgan fingerprint density at radius 3 is 2.60 bits per heavy atom. The first-order chi connectivity index (χ1) is 9.37. The van der Waals surface area contributed by atoms with E-state index in [1.54, 1.807) is 0 Å². The maximum Gasteiger partial charge on any atom is 0.151 e. The zero-order valence-corrected chi connectivity index (χ0v) is 13.2. The number of hydrogen-bond acceptors (Lipinski definition) is 5. The van der Waals surface area contributed by atoms with Gasteiger partial charge in [-0.3, -0.25) is 0 Å². The fourth-order valence-electron chi connectivity index (χ4n) is 2.39. The van der Waals surface area contributed by atoms with E-state index < -0.39 is 0 Å². The van der Waals surface area contributed by atoms with E-state index in [-0.39, 0.29) is 11.6 Å². The zero-order chi connectivity index (χ0) is 14.8. The van der Waals surface area contributed by atoms with E-state index in [1.807, 2.05) is 12.1 Å². The standard InChI is InChI=1S/C15H26N4O/c1-11-13(8-9-20-11)19(5)14-7-6-12(17-18-14)10-16-15(2,3)4/h6-7,11,13,16H,8-10H2,1-5H3. The van der Waals surface area contributed by atoms with Crippen molar-refractivity contribution in [1.29, 1.82) is 0 Å². The summed E-state index contributed by atoms with van der Waals surface area (Å²) in [5.74, 6) is 0.909. The van der Waals surface area contributed by atoms with Crippen molar-refractivity contribution in [2.24, 2.45) is 0 Å². The molecule has 1 aliphatic heterocycles. The Bertz CT molecular complexity index is 426. The molecule has 1 saturated heterocycles. The fourth-order valence-corrected chi connectivity index (χ4v) is 2.39. The van der Waals surface area contributed by atoms with Crippen LogP contribution in [0.4, 0.5) is 5.82 Å². The number of nitrogens with zero attached hydrogens (tertiary/aromatic N) is 3. The Kier molecular flexibility index (Phi) is 4.60. The van der Waals surface area contributed by atoms with Gasteiger partial charge in [0.25, 0.3) is 0 Å². The summed E-state index contributed by atoms with van der Waals surface area (Å²) in [5, 5.41) is 12.1. The van der Waals surface area contributed by atoms with Crippen LogP contribution in [0, 0.1) is 0 Å². The predicted octanol–water partition coefficient (Wildman–Crippen LogP) is 1.98. The molecule has 5 nitrogen and oxygen atoms in total. The SMILES string of the molecule is CC1OCCC1N(C)c1ccc(CNC(C)(C)C)nn1. The number of nitrogens with one attached hydrogen (secondary N) is 1. The Hall–Kier alpha value is -1.20. The van der Waals surface area contributed by atoms with Crippen LogP contribution >= 0.6 is 0 Å². The molecule has 0 saturated carbocycles. The monoisotopic (exact) mass is 278 g/mol. The molecule has 1 aromatic heterocycles. The molecule has 112 valence electrons. The molecule has 2 heterocycles. The van der Waals surface area contributed by atoms with Crippen molar-refractivity contribution in [3.8, 4) is 0 Å². The van der Waals surface area contributed by atoms with Gasteiger partial charge in [0.15, 0.2) is 5.82 Å². The van der Waals surface area contributed by atoms with Gasteiger partial charge in [-0.05, 0) is 46.2 Å². The Morgan fingerprint density at radius 1 is 1.35 bits per heavy atom. The van der Waals surface area contributed by atoms with Crippen LogP contribution in [0.2, 0.25) is 0 Å². The summed E-state index contributed by atoms with van der Waals surface area (Å²) >= 11 is 0. The Morgan fingerprint density at radius 2 is 2.10 bits per heavy atom. The van der Waals surface area contributed by atoms with Gasteiger partial charge in [0, 0.05) is 25.7 Å². The second kappa shape index (κ2) is 6.06. The van der Waals surface area contributed by atoms with Crippen LogP contribution < -0.4 is 10.2 Å². The molecule has 0 amide bonds. The molecule has 0 aliphatic carbocycles. The van der Waals surface area contributed by atoms with Gasteiger partial charge in [0.2, 0.25) is 0 Å². The smallest absolute Gasteiger partial charge is 0.151 e. The molecule has 0 spiro atoms. The fraction of sp³-hybridized carbons (Fsp3) is 0.733. The molecule has 1 fully saturated rings. The lowest BCUT2D eigenvalue weighted by molar-refractivity contribution is 0.118. The van der Waals surface area contributed by atoms with Crippen LogP contribution in [0.25, 0.3) is 0 Å². The van der Waals surface area contributed by atoms with Crippen molar-refractivity contribution in [3.63, 3.8) is 0 Å². The summed E-state index contributed by atoms with van der Waals surface area (Å²) in [6, 6.07) is 4.47. The first-order valence-corrected chi connectivity index (χ1v) is 7.29. The van der Waals surface area contributed by atoms with E-state index >= 15 is 0 Å². The molecule has 0 aromatic carbocycles. The highest BCUT2D eigenvalue weighted by molar-refractivity contribution is 5.38. The van der Waals surface area contributed by atoms with Gasteiger partial charge in [-0.2, -0.15) is 5.10 Å². The summed E-state index contributed by atoms with van der Waals surface area (Å²) in [6.07, 6.45) is 1.30. The largest absolute Gasteiger partial charge is 0.376 e. The third kappa shape index (κ3) is 3.90. The Labute approximate surface area is 121 Å². The molecule has 5 heteroatoms. The van der Waals surface area contributed by atoms with E-state index in [2.05, 4.69) is 55.2 Å². The van der Waals surface area contributed by atoms with E-state index in [4.69, 9.17) is 4.74 Å². The topological polar surface area (TPSA) is 50.3 Å². The lowest BCUT2D eigenvalue weighted by atomic mass is 10.1. The Balaban J connectivity index is 1.97. The van der Waals surface area contributed by atoms with Crippen LogP contribution in [0.1, 0.15) is 39.8 Å². The van der Waals surface area contributed by atoms with Crippen LogP contribution in [-0.2, 0) is 11.3 Å². The van der Waals surface area contributed by atoms with Gasteiger partial charge in [-0.15, -0.1) is 5.10 Å². The number of aromatic nitrogens is 2. The minimum absolute atomic E-state index is 0.0910. The molecule has 2 unspecified atom stereocenters. The van der Waals surface area contributed by atoms with Crippen LogP contribution in [-0.4, -0.2) is 41.5 Å². The quantitative estimate of drug-likeness (QED) is 0.912. The minimum Gasteiger partial charge on any atom is -0.376 e. The van der Waals surface area contributed by atoms with Crippen molar-refractivity contribution in [3.05, 3.63) is 17.8 Å². The first kappa shape index (κ1) is 15.2. The van der Waals surface area contributed by atoms with E-state index in [0.29, 0.717) is 6.04 Å². The number of likely N-dealkylation sites (N-methyl/N-ethyl adjacent to an activating group) is 1. The van der Waals surface area contributed by atoms with Gasteiger partial charge in [-0.25, -0.2) is 0 Å². The third-order valence-corrected chi connectivity index (χ3v) is 3.70. The lowest BCUT2D eigenvalue weighted by Crippen LogP contribution is -2.37. The van der Waals surface area contributed by atoms with E-state index in [1.165, 1.54) is 0 Å². The molecule has 0 radical (unpaired) electrons.